The van der Waals surface area contributed by atoms with Gasteiger partial charge in [0.25, 0.3) is 0 Å². The maximum absolute atomic E-state index is 13.5. The van der Waals surface area contributed by atoms with E-state index in [0.717, 1.165) is 13.0 Å². The molecular weight excluding hydrogens is 253 g/mol. The van der Waals surface area contributed by atoms with Crippen molar-refractivity contribution in [3.05, 3.63) is 29.6 Å². The largest absolute Gasteiger partial charge is 0.381 e. The van der Waals surface area contributed by atoms with E-state index in [2.05, 4.69) is 17.6 Å². The van der Waals surface area contributed by atoms with Crippen LogP contribution in [0.1, 0.15) is 44.6 Å². The maximum atomic E-state index is 13.5. The third-order valence-electron chi connectivity index (χ3n) is 3.83. The van der Waals surface area contributed by atoms with Crippen LogP contribution in [0, 0.1) is 17.1 Å². The Morgan fingerprint density at radius 2 is 2.30 bits per heavy atom. The van der Waals surface area contributed by atoms with E-state index in [1.54, 1.807) is 12.1 Å². The van der Waals surface area contributed by atoms with Crippen LogP contribution in [0.3, 0.4) is 0 Å². The lowest BCUT2D eigenvalue weighted by molar-refractivity contribution is 0.456. The molecule has 1 heterocycles. The third-order valence-corrected chi connectivity index (χ3v) is 3.83. The second kappa shape index (κ2) is 7.25. The highest BCUT2D eigenvalue weighted by molar-refractivity contribution is 5.58. The fraction of sp³-hybridized carbons (Fsp3) is 0.562. The van der Waals surface area contributed by atoms with E-state index in [0.29, 0.717) is 11.7 Å². The number of nitriles is 1. The molecule has 4 heteroatoms. The summed E-state index contributed by atoms with van der Waals surface area (Å²) in [6.45, 7) is 3.17. The molecule has 0 amide bonds. The molecule has 20 heavy (non-hydrogen) atoms. The van der Waals surface area contributed by atoms with Crippen molar-refractivity contribution in [2.24, 2.45) is 0 Å². The lowest BCUT2D eigenvalue weighted by Gasteiger charge is -2.22. The average molecular weight is 275 g/mol. The Labute approximate surface area is 120 Å². The molecule has 2 unspecified atom stereocenters. The maximum Gasteiger partial charge on any atom is 0.143 e. The van der Waals surface area contributed by atoms with Gasteiger partial charge in [-0.1, -0.05) is 18.9 Å². The zero-order chi connectivity index (χ0) is 14.4. The van der Waals surface area contributed by atoms with Crippen LogP contribution >= 0.6 is 0 Å². The van der Waals surface area contributed by atoms with Crippen molar-refractivity contribution in [1.82, 2.24) is 5.32 Å². The van der Waals surface area contributed by atoms with Crippen LogP contribution in [0.4, 0.5) is 10.1 Å². The molecule has 2 N–H and O–H groups in total. The van der Waals surface area contributed by atoms with Crippen LogP contribution in [-0.4, -0.2) is 18.6 Å². The number of rotatable bonds is 4. The number of nitrogens with zero attached hydrogens (tertiary/aromatic N) is 1. The van der Waals surface area contributed by atoms with Gasteiger partial charge in [0.15, 0.2) is 0 Å². The Balaban J connectivity index is 1.96. The molecule has 2 rings (SSSR count). The van der Waals surface area contributed by atoms with Crippen LogP contribution in [-0.2, 0) is 0 Å². The molecular formula is C16H22FN3. The molecule has 1 aliphatic heterocycles. The Morgan fingerprint density at radius 1 is 1.45 bits per heavy atom. The van der Waals surface area contributed by atoms with Crippen molar-refractivity contribution in [3.63, 3.8) is 0 Å². The number of halogens is 1. The van der Waals surface area contributed by atoms with Crippen LogP contribution in [0.5, 0.6) is 0 Å². The fourth-order valence-electron chi connectivity index (χ4n) is 2.81. The van der Waals surface area contributed by atoms with Crippen molar-refractivity contribution in [1.29, 1.82) is 5.26 Å². The molecule has 1 fully saturated rings. The van der Waals surface area contributed by atoms with Gasteiger partial charge < -0.3 is 10.6 Å². The molecule has 0 saturated carbocycles. The molecule has 1 aromatic carbocycles. The minimum Gasteiger partial charge on any atom is -0.381 e. The zero-order valence-electron chi connectivity index (χ0n) is 12.0. The van der Waals surface area contributed by atoms with E-state index >= 15 is 0 Å². The Morgan fingerprint density at radius 3 is 3.10 bits per heavy atom. The Kier molecular flexibility index (Phi) is 5.37. The van der Waals surface area contributed by atoms with Crippen LogP contribution in [0.2, 0.25) is 0 Å². The highest BCUT2D eigenvalue weighted by Crippen LogP contribution is 2.20. The van der Waals surface area contributed by atoms with Gasteiger partial charge in [-0.3, -0.25) is 0 Å². The number of hydrogen-bond donors (Lipinski definition) is 2. The SMILES string of the molecule is CC(CC1CCCCCN1)Nc1cccc(F)c1C#N. The summed E-state index contributed by atoms with van der Waals surface area (Å²) >= 11 is 0. The van der Waals surface area contributed by atoms with Gasteiger partial charge in [0.1, 0.15) is 17.4 Å². The molecule has 1 aromatic rings. The predicted octanol–water partition coefficient (Wildman–Crippen LogP) is 3.42. The zero-order valence-corrected chi connectivity index (χ0v) is 12.0. The summed E-state index contributed by atoms with van der Waals surface area (Å²) in [5.74, 6) is -0.461. The van der Waals surface area contributed by atoms with Crippen LogP contribution in [0.15, 0.2) is 18.2 Å². The van der Waals surface area contributed by atoms with Crippen LogP contribution in [0.25, 0.3) is 0 Å². The third kappa shape index (κ3) is 3.94. The monoisotopic (exact) mass is 275 g/mol. The lowest BCUT2D eigenvalue weighted by atomic mass is 10.0. The highest BCUT2D eigenvalue weighted by atomic mass is 19.1. The van der Waals surface area contributed by atoms with Gasteiger partial charge in [0.05, 0.1) is 5.69 Å². The molecule has 0 aromatic heterocycles. The first-order valence-corrected chi connectivity index (χ1v) is 7.39. The summed E-state index contributed by atoms with van der Waals surface area (Å²) in [4.78, 5) is 0. The fourth-order valence-corrected chi connectivity index (χ4v) is 2.81. The average Bonchev–Trinajstić information content (AvgIpc) is 2.67. The minimum atomic E-state index is -0.461. The minimum absolute atomic E-state index is 0.105. The molecule has 1 aliphatic rings. The van der Waals surface area contributed by atoms with E-state index in [1.807, 2.05) is 6.07 Å². The van der Waals surface area contributed by atoms with E-state index in [9.17, 15) is 4.39 Å². The van der Waals surface area contributed by atoms with E-state index in [1.165, 1.54) is 31.7 Å². The first kappa shape index (κ1) is 14.8. The predicted molar refractivity (Wildman–Crippen MR) is 79.1 cm³/mol. The normalized spacial score (nSPS) is 20.8. The first-order chi connectivity index (χ1) is 9.70. The molecule has 0 radical (unpaired) electrons. The molecule has 0 aliphatic carbocycles. The first-order valence-electron chi connectivity index (χ1n) is 7.39. The van der Waals surface area contributed by atoms with E-state index in [4.69, 9.17) is 5.26 Å². The van der Waals surface area contributed by atoms with Gasteiger partial charge >= 0.3 is 0 Å². The van der Waals surface area contributed by atoms with Gasteiger partial charge in [-0.15, -0.1) is 0 Å². The number of hydrogen-bond acceptors (Lipinski definition) is 3. The molecule has 1 saturated heterocycles. The number of benzene rings is 1. The molecule has 0 bridgehead atoms. The van der Waals surface area contributed by atoms with Gasteiger partial charge in [-0.05, 0) is 44.9 Å². The summed E-state index contributed by atoms with van der Waals surface area (Å²) in [7, 11) is 0. The lowest BCUT2D eigenvalue weighted by Crippen LogP contribution is -2.33. The molecule has 2 atom stereocenters. The topological polar surface area (TPSA) is 47.8 Å². The standard InChI is InChI=1S/C16H22FN3/c1-12(10-13-6-3-2-4-9-19-13)20-16-8-5-7-15(17)14(16)11-18/h5,7-8,12-13,19-20H,2-4,6,9-10H2,1H3. The van der Waals surface area contributed by atoms with Gasteiger partial charge in [0, 0.05) is 12.1 Å². The number of nitrogens with one attached hydrogen (secondary N) is 2. The van der Waals surface area contributed by atoms with Gasteiger partial charge in [-0.2, -0.15) is 5.26 Å². The summed E-state index contributed by atoms with van der Waals surface area (Å²) in [6.07, 6.45) is 6.00. The Bertz CT molecular complexity index is 473. The summed E-state index contributed by atoms with van der Waals surface area (Å²) in [5.41, 5.74) is 0.696. The highest BCUT2D eigenvalue weighted by Gasteiger charge is 2.16. The number of anilines is 1. The summed E-state index contributed by atoms with van der Waals surface area (Å²) < 4.78 is 13.5. The van der Waals surface area contributed by atoms with E-state index < -0.39 is 5.82 Å². The van der Waals surface area contributed by atoms with Crippen molar-refractivity contribution in [2.75, 3.05) is 11.9 Å². The van der Waals surface area contributed by atoms with Crippen molar-refractivity contribution in [3.8, 4) is 6.07 Å². The Hall–Kier alpha value is -1.60. The van der Waals surface area contributed by atoms with Crippen molar-refractivity contribution < 1.29 is 4.39 Å². The second-order valence-electron chi connectivity index (χ2n) is 5.56. The van der Waals surface area contributed by atoms with Gasteiger partial charge in [-0.25, -0.2) is 4.39 Å². The summed E-state index contributed by atoms with van der Waals surface area (Å²) in [5, 5.41) is 15.9. The summed E-state index contributed by atoms with van der Waals surface area (Å²) in [6, 6.07) is 7.37. The molecule has 3 nitrogen and oxygen atoms in total. The van der Waals surface area contributed by atoms with Crippen molar-refractivity contribution in [2.45, 2.75) is 51.1 Å². The van der Waals surface area contributed by atoms with Crippen LogP contribution < -0.4 is 10.6 Å². The van der Waals surface area contributed by atoms with Gasteiger partial charge in [0.2, 0.25) is 0 Å². The second-order valence-corrected chi connectivity index (χ2v) is 5.56. The van der Waals surface area contributed by atoms with E-state index in [-0.39, 0.29) is 11.6 Å². The van der Waals surface area contributed by atoms with Crippen molar-refractivity contribution >= 4 is 5.69 Å². The molecule has 0 spiro atoms. The quantitative estimate of drug-likeness (QED) is 0.885. The smallest absolute Gasteiger partial charge is 0.143 e. The molecule has 108 valence electrons.